The van der Waals surface area contributed by atoms with Crippen molar-refractivity contribution in [2.45, 2.75) is 329 Å². The first-order valence-electron chi connectivity index (χ1n) is 28.7. The Morgan fingerprint density at radius 3 is 0.603 bits per heavy atom. The van der Waals surface area contributed by atoms with Crippen LogP contribution in [0.15, 0.2) is 36.8 Å². The maximum absolute atomic E-state index is 12.3. The SMILES string of the molecule is CCCCCCCCCCCCCCCCC/C=C/[N+](/C=C/CCCCCCCCCCCCCCCCC)(/C=C/CCCCCCCCCCCCCCCCC)CS(=O)(=O)[O-]. The lowest BCUT2D eigenvalue weighted by Crippen LogP contribution is -2.36. The summed E-state index contributed by atoms with van der Waals surface area (Å²) in [5.74, 6) is -0.451. The van der Waals surface area contributed by atoms with Crippen LogP contribution in [0, 0.1) is 0 Å². The van der Waals surface area contributed by atoms with Gasteiger partial charge < -0.3 is 4.55 Å². The summed E-state index contributed by atoms with van der Waals surface area (Å²) >= 11 is 0. The van der Waals surface area contributed by atoms with Gasteiger partial charge in [-0.15, -0.1) is 0 Å². The Hall–Kier alpha value is -0.910. The van der Waals surface area contributed by atoms with Crippen LogP contribution in [0.2, 0.25) is 0 Å². The molecule has 0 aliphatic heterocycles. The molecule has 0 fully saturated rings. The van der Waals surface area contributed by atoms with Gasteiger partial charge in [-0.25, -0.2) is 12.9 Å². The molecule has 0 aromatic heterocycles. The molecule has 5 heteroatoms. The van der Waals surface area contributed by atoms with Gasteiger partial charge in [0.25, 0.3) is 0 Å². The topological polar surface area (TPSA) is 57.2 Å². The van der Waals surface area contributed by atoms with E-state index in [1.807, 2.05) is 18.6 Å². The fourth-order valence-corrected chi connectivity index (χ4v) is 10.1. The van der Waals surface area contributed by atoms with Crippen molar-refractivity contribution in [3.8, 4) is 0 Å². The molecule has 0 aliphatic rings. The Kier molecular flexibility index (Phi) is 49.8. The standard InChI is InChI=1S/C58H113NO3S/c1-4-7-10-13-16-19-22-25-28-31-34-37-40-43-46-49-52-55-59(58-63(60,61)62,56-53-50-47-44-41-38-35-32-29-26-23-20-17-14-11-8-5-2)57-54-51-48-45-42-39-36-33-30-27-24-21-18-15-12-9-6-3/h52-57H,4-51,58H2,1-3H3/b55-52+,56-53+,57-54+. The van der Waals surface area contributed by atoms with E-state index in [1.165, 1.54) is 270 Å². The van der Waals surface area contributed by atoms with Crippen molar-refractivity contribution in [3.05, 3.63) is 36.8 Å². The average Bonchev–Trinajstić information content (AvgIpc) is 3.26. The predicted molar refractivity (Wildman–Crippen MR) is 281 cm³/mol. The molecular weight excluding hydrogens is 791 g/mol. The van der Waals surface area contributed by atoms with Gasteiger partial charge in [0.15, 0.2) is 5.88 Å². The summed E-state index contributed by atoms with van der Waals surface area (Å²) in [4.78, 5) is 0. The highest BCUT2D eigenvalue weighted by molar-refractivity contribution is 7.85. The Balaban J connectivity index is 4.74. The van der Waals surface area contributed by atoms with Crippen LogP contribution >= 0.6 is 0 Å². The van der Waals surface area contributed by atoms with Crippen LogP contribution in [0.1, 0.15) is 329 Å². The minimum absolute atomic E-state index is 0.0119. The molecular formula is C58H113NO3S. The van der Waals surface area contributed by atoms with Crippen molar-refractivity contribution in [3.63, 3.8) is 0 Å². The van der Waals surface area contributed by atoms with E-state index in [4.69, 9.17) is 0 Å². The maximum Gasteiger partial charge on any atom is 0.181 e. The first-order chi connectivity index (χ1) is 30.9. The summed E-state index contributed by atoms with van der Waals surface area (Å²) in [6.07, 6.45) is 76.0. The van der Waals surface area contributed by atoms with Gasteiger partial charge in [0.1, 0.15) is 28.7 Å². The normalized spacial score (nSPS) is 12.6. The summed E-state index contributed by atoms with van der Waals surface area (Å²) in [6.45, 7) is 6.87. The molecule has 0 aromatic rings. The third-order valence-corrected chi connectivity index (χ3v) is 14.2. The molecule has 63 heavy (non-hydrogen) atoms. The summed E-state index contributed by atoms with van der Waals surface area (Å²) in [6, 6.07) is 0. The molecule has 0 heterocycles. The summed E-state index contributed by atoms with van der Waals surface area (Å²) < 4.78 is 37.0. The van der Waals surface area contributed by atoms with E-state index in [-0.39, 0.29) is 4.48 Å². The van der Waals surface area contributed by atoms with E-state index >= 15 is 0 Å². The molecule has 0 rings (SSSR count). The van der Waals surface area contributed by atoms with Crippen LogP contribution in [-0.4, -0.2) is 23.3 Å². The van der Waals surface area contributed by atoms with Gasteiger partial charge in [0, 0.05) is 0 Å². The number of rotatable bonds is 53. The van der Waals surface area contributed by atoms with E-state index < -0.39 is 16.0 Å². The Morgan fingerprint density at radius 2 is 0.444 bits per heavy atom. The van der Waals surface area contributed by atoms with Gasteiger partial charge in [-0.3, -0.25) is 0 Å². The van der Waals surface area contributed by atoms with E-state index in [9.17, 15) is 13.0 Å². The van der Waals surface area contributed by atoms with Gasteiger partial charge in [0.2, 0.25) is 0 Å². The minimum Gasteiger partial charge on any atom is -0.744 e. The summed E-state index contributed by atoms with van der Waals surface area (Å²) in [7, 11) is -4.43. The lowest BCUT2D eigenvalue weighted by molar-refractivity contribution is -0.760. The lowest BCUT2D eigenvalue weighted by atomic mass is 10.0. The largest absolute Gasteiger partial charge is 0.744 e. The second-order valence-corrected chi connectivity index (χ2v) is 21.4. The smallest absolute Gasteiger partial charge is 0.181 e. The highest BCUT2D eigenvalue weighted by Crippen LogP contribution is 2.21. The molecule has 0 unspecified atom stereocenters. The zero-order valence-electron chi connectivity index (χ0n) is 43.2. The van der Waals surface area contributed by atoms with Crippen molar-refractivity contribution >= 4 is 10.1 Å². The van der Waals surface area contributed by atoms with Crippen LogP contribution in [0.5, 0.6) is 0 Å². The number of quaternary nitrogens is 1. The zero-order valence-corrected chi connectivity index (χ0v) is 44.0. The van der Waals surface area contributed by atoms with Gasteiger partial charge >= 0.3 is 0 Å². The number of hydrogen-bond donors (Lipinski definition) is 0. The molecule has 0 spiro atoms. The van der Waals surface area contributed by atoms with Crippen LogP contribution in [0.3, 0.4) is 0 Å². The molecule has 4 nitrogen and oxygen atoms in total. The van der Waals surface area contributed by atoms with Gasteiger partial charge in [-0.05, 0) is 56.8 Å². The maximum atomic E-state index is 12.3. The number of nitrogens with zero attached hydrogens (tertiary/aromatic N) is 1. The molecule has 0 radical (unpaired) electrons. The minimum atomic E-state index is -4.43. The molecule has 0 bridgehead atoms. The van der Waals surface area contributed by atoms with E-state index in [0.717, 1.165) is 38.5 Å². The van der Waals surface area contributed by atoms with Gasteiger partial charge in [-0.1, -0.05) is 290 Å². The van der Waals surface area contributed by atoms with E-state index in [2.05, 4.69) is 39.0 Å². The van der Waals surface area contributed by atoms with Gasteiger partial charge in [-0.2, -0.15) is 0 Å². The lowest BCUT2D eigenvalue weighted by Gasteiger charge is -2.28. The van der Waals surface area contributed by atoms with Crippen LogP contribution in [0.25, 0.3) is 0 Å². The van der Waals surface area contributed by atoms with Crippen molar-refractivity contribution in [1.82, 2.24) is 0 Å². The monoisotopic (exact) mass is 904 g/mol. The quantitative estimate of drug-likeness (QED) is 0.0347. The van der Waals surface area contributed by atoms with Crippen molar-refractivity contribution in [2.75, 3.05) is 5.88 Å². The van der Waals surface area contributed by atoms with Crippen molar-refractivity contribution < 1.29 is 17.5 Å². The molecule has 0 saturated carbocycles. The highest BCUT2D eigenvalue weighted by atomic mass is 32.2. The first kappa shape index (κ1) is 62.1. The molecule has 0 aromatic carbocycles. The van der Waals surface area contributed by atoms with E-state index in [0.29, 0.717) is 0 Å². The predicted octanol–water partition coefficient (Wildman–Crippen LogP) is 20.6. The average molecular weight is 905 g/mol. The van der Waals surface area contributed by atoms with Crippen molar-refractivity contribution in [2.24, 2.45) is 0 Å². The Morgan fingerprint density at radius 1 is 0.286 bits per heavy atom. The first-order valence-corrected chi connectivity index (χ1v) is 30.3. The van der Waals surface area contributed by atoms with Crippen molar-refractivity contribution in [1.29, 1.82) is 0 Å². The number of hydrogen-bond acceptors (Lipinski definition) is 3. The second-order valence-electron chi connectivity index (χ2n) is 20.1. The summed E-state index contributed by atoms with van der Waals surface area (Å²) in [5, 5.41) is 0. The van der Waals surface area contributed by atoms with Crippen LogP contribution in [-0.2, 0) is 10.1 Å². The zero-order chi connectivity index (χ0) is 45.9. The fourth-order valence-electron chi connectivity index (χ4n) is 9.26. The second kappa shape index (κ2) is 50.5. The number of unbranched alkanes of at least 4 members (excludes halogenated alkanes) is 45. The van der Waals surface area contributed by atoms with E-state index in [1.54, 1.807) is 0 Å². The highest BCUT2D eigenvalue weighted by Gasteiger charge is 2.22. The third kappa shape index (κ3) is 50.3. The van der Waals surface area contributed by atoms with Gasteiger partial charge in [0.05, 0.1) is 0 Å². The number of allylic oxidation sites excluding steroid dienone is 3. The third-order valence-electron chi connectivity index (χ3n) is 13.5. The molecule has 0 N–H and O–H groups in total. The van der Waals surface area contributed by atoms with Crippen LogP contribution < -0.4 is 0 Å². The Bertz CT molecular complexity index is 974. The molecule has 0 atom stereocenters. The molecule has 374 valence electrons. The van der Waals surface area contributed by atoms with Crippen LogP contribution in [0.4, 0.5) is 0 Å². The molecule has 0 amide bonds. The summed E-state index contributed by atoms with van der Waals surface area (Å²) in [5.41, 5.74) is 0. The fraction of sp³-hybridized carbons (Fsp3) is 0.897. The molecule has 0 saturated heterocycles. The Labute approximate surface area is 397 Å². The molecule has 0 aliphatic carbocycles.